The molecule has 1 aromatic rings. The van der Waals surface area contributed by atoms with E-state index >= 15 is 0 Å². The van der Waals surface area contributed by atoms with E-state index in [0.29, 0.717) is 23.7 Å². The molecule has 0 bridgehead atoms. The molecule has 0 aliphatic heterocycles. The first-order chi connectivity index (χ1) is 7.00. The molecule has 1 fully saturated rings. The highest BCUT2D eigenvalue weighted by Crippen LogP contribution is 2.36. The molecule has 0 radical (unpaired) electrons. The maximum atomic E-state index is 13.2. The molecule has 0 aromatic heterocycles. The molecule has 15 heavy (non-hydrogen) atoms. The lowest BCUT2D eigenvalue weighted by atomic mass is 9.73. The zero-order valence-electron chi connectivity index (χ0n) is 8.21. The van der Waals surface area contributed by atoms with Gasteiger partial charge in [-0.05, 0) is 40.4 Å². The summed E-state index contributed by atoms with van der Waals surface area (Å²) in [5.41, 5.74) is 5.69. The van der Waals surface area contributed by atoms with Crippen LogP contribution >= 0.6 is 15.9 Å². The summed E-state index contributed by atoms with van der Waals surface area (Å²) >= 11 is 3.18. The molecule has 0 saturated heterocycles. The molecular formula is C11H13BrFNO. The van der Waals surface area contributed by atoms with Gasteiger partial charge in [-0.15, -0.1) is 0 Å². The van der Waals surface area contributed by atoms with E-state index < -0.39 is 5.60 Å². The molecule has 4 heteroatoms. The van der Waals surface area contributed by atoms with Crippen LogP contribution in [0.15, 0.2) is 22.7 Å². The van der Waals surface area contributed by atoms with Crippen molar-refractivity contribution >= 4 is 15.9 Å². The first kappa shape index (κ1) is 11.0. The third-order valence-electron chi connectivity index (χ3n) is 2.84. The minimum absolute atomic E-state index is 0.0855. The van der Waals surface area contributed by atoms with Crippen LogP contribution in [-0.4, -0.2) is 16.7 Å². The number of aliphatic hydroxyl groups is 1. The summed E-state index contributed by atoms with van der Waals surface area (Å²) in [7, 11) is 0. The Bertz CT molecular complexity index is 377. The normalized spacial score (nSPS) is 30.0. The van der Waals surface area contributed by atoms with Crippen molar-refractivity contribution in [1.29, 1.82) is 0 Å². The van der Waals surface area contributed by atoms with Crippen molar-refractivity contribution in [3.8, 4) is 0 Å². The lowest BCUT2D eigenvalue weighted by Crippen LogP contribution is -2.52. The summed E-state index contributed by atoms with van der Waals surface area (Å²) in [6, 6.07) is 4.94. The van der Waals surface area contributed by atoms with E-state index in [2.05, 4.69) is 15.9 Å². The Morgan fingerprint density at radius 3 is 2.80 bits per heavy atom. The number of rotatable bonds is 2. The topological polar surface area (TPSA) is 46.2 Å². The molecule has 0 atom stereocenters. The van der Waals surface area contributed by atoms with E-state index in [4.69, 9.17) is 5.73 Å². The van der Waals surface area contributed by atoms with Gasteiger partial charge in [-0.25, -0.2) is 4.39 Å². The van der Waals surface area contributed by atoms with Gasteiger partial charge in [0.15, 0.2) is 0 Å². The zero-order valence-corrected chi connectivity index (χ0v) is 9.80. The first-order valence-electron chi connectivity index (χ1n) is 4.91. The summed E-state index contributed by atoms with van der Waals surface area (Å²) in [4.78, 5) is 0. The number of hydrogen-bond acceptors (Lipinski definition) is 2. The second kappa shape index (κ2) is 3.85. The molecule has 0 heterocycles. The highest BCUT2D eigenvalue weighted by atomic mass is 79.9. The Hall–Kier alpha value is -0.450. The van der Waals surface area contributed by atoms with Crippen LogP contribution in [0.5, 0.6) is 0 Å². The van der Waals surface area contributed by atoms with Crippen LogP contribution in [0, 0.1) is 5.82 Å². The molecule has 0 amide bonds. The van der Waals surface area contributed by atoms with Gasteiger partial charge in [-0.2, -0.15) is 0 Å². The minimum atomic E-state index is -0.740. The molecule has 0 spiro atoms. The molecule has 2 nitrogen and oxygen atoms in total. The van der Waals surface area contributed by atoms with Gasteiger partial charge in [0, 0.05) is 12.5 Å². The quantitative estimate of drug-likeness (QED) is 0.866. The molecule has 1 aromatic carbocycles. The molecule has 2 rings (SSSR count). The Balaban J connectivity index is 2.15. The monoisotopic (exact) mass is 273 g/mol. The number of hydrogen-bond donors (Lipinski definition) is 2. The van der Waals surface area contributed by atoms with Crippen molar-refractivity contribution < 1.29 is 9.50 Å². The Morgan fingerprint density at radius 2 is 2.20 bits per heavy atom. The van der Waals surface area contributed by atoms with E-state index in [0.717, 1.165) is 5.56 Å². The summed E-state index contributed by atoms with van der Waals surface area (Å²) < 4.78 is 13.6. The second-order valence-electron chi connectivity index (χ2n) is 4.28. The molecule has 1 saturated carbocycles. The molecule has 0 unspecified atom stereocenters. The van der Waals surface area contributed by atoms with Gasteiger partial charge in [-0.1, -0.05) is 12.1 Å². The highest BCUT2D eigenvalue weighted by molar-refractivity contribution is 9.10. The fourth-order valence-electron chi connectivity index (χ4n) is 2.10. The van der Waals surface area contributed by atoms with E-state index in [1.54, 1.807) is 6.07 Å². The SMILES string of the molecule is NC1CC(O)(Cc2cccc(F)c2Br)C1. The highest BCUT2D eigenvalue weighted by Gasteiger charge is 2.40. The van der Waals surface area contributed by atoms with Crippen LogP contribution in [0.25, 0.3) is 0 Å². The van der Waals surface area contributed by atoms with Gasteiger partial charge < -0.3 is 10.8 Å². The molecule has 1 aliphatic rings. The Morgan fingerprint density at radius 1 is 1.53 bits per heavy atom. The van der Waals surface area contributed by atoms with Crippen molar-refractivity contribution in [1.82, 2.24) is 0 Å². The average Bonchev–Trinajstić information content (AvgIpc) is 2.11. The number of benzene rings is 1. The molecular weight excluding hydrogens is 261 g/mol. The summed E-state index contributed by atoms with van der Waals surface area (Å²) in [6.07, 6.45) is 1.64. The van der Waals surface area contributed by atoms with Crippen molar-refractivity contribution in [2.24, 2.45) is 5.73 Å². The van der Waals surface area contributed by atoms with Gasteiger partial charge in [0.1, 0.15) is 5.82 Å². The van der Waals surface area contributed by atoms with Crippen molar-refractivity contribution in [3.05, 3.63) is 34.1 Å². The van der Waals surface area contributed by atoms with Crippen LogP contribution < -0.4 is 5.73 Å². The molecule has 1 aliphatic carbocycles. The Kier molecular flexibility index (Phi) is 2.83. The second-order valence-corrected chi connectivity index (χ2v) is 5.08. The van der Waals surface area contributed by atoms with Crippen molar-refractivity contribution in [2.75, 3.05) is 0 Å². The van der Waals surface area contributed by atoms with Gasteiger partial charge in [0.25, 0.3) is 0 Å². The molecule has 3 N–H and O–H groups in total. The van der Waals surface area contributed by atoms with Gasteiger partial charge in [0.2, 0.25) is 0 Å². The summed E-state index contributed by atoms with van der Waals surface area (Å²) in [5.74, 6) is -0.292. The van der Waals surface area contributed by atoms with Crippen LogP contribution in [0.3, 0.4) is 0 Å². The maximum absolute atomic E-state index is 13.2. The lowest BCUT2D eigenvalue weighted by molar-refractivity contribution is -0.0456. The smallest absolute Gasteiger partial charge is 0.137 e. The van der Waals surface area contributed by atoms with Gasteiger partial charge in [-0.3, -0.25) is 0 Å². The fourth-order valence-corrected chi connectivity index (χ4v) is 2.50. The number of nitrogens with two attached hydrogens (primary N) is 1. The van der Waals surface area contributed by atoms with E-state index in [-0.39, 0.29) is 11.9 Å². The van der Waals surface area contributed by atoms with Crippen molar-refractivity contribution in [3.63, 3.8) is 0 Å². The number of halogens is 2. The van der Waals surface area contributed by atoms with Gasteiger partial charge >= 0.3 is 0 Å². The van der Waals surface area contributed by atoms with Crippen LogP contribution in [0.1, 0.15) is 18.4 Å². The average molecular weight is 274 g/mol. The predicted molar refractivity (Wildman–Crippen MR) is 60.0 cm³/mol. The maximum Gasteiger partial charge on any atom is 0.137 e. The summed E-state index contributed by atoms with van der Waals surface area (Å²) in [5, 5.41) is 10.0. The van der Waals surface area contributed by atoms with E-state index in [9.17, 15) is 9.50 Å². The third-order valence-corrected chi connectivity index (χ3v) is 3.72. The lowest BCUT2D eigenvalue weighted by Gasteiger charge is -2.42. The van der Waals surface area contributed by atoms with Crippen LogP contribution in [-0.2, 0) is 6.42 Å². The fraction of sp³-hybridized carbons (Fsp3) is 0.455. The largest absolute Gasteiger partial charge is 0.389 e. The first-order valence-corrected chi connectivity index (χ1v) is 5.70. The standard InChI is InChI=1S/C11H13BrFNO/c12-10-7(2-1-3-9(10)13)4-11(15)5-8(14)6-11/h1-3,8,15H,4-6,14H2. The Labute approximate surface area is 96.4 Å². The summed E-state index contributed by atoms with van der Waals surface area (Å²) in [6.45, 7) is 0. The minimum Gasteiger partial charge on any atom is -0.389 e. The van der Waals surface area contributed by atoms with Crippen molar-refractivity contribution in [2.45, 2.75) is 30.9 Å². The van der Waals surface area contributed by atoms with Crippen LogP contribution in [0.2, 0.25) is 0 Å². The van der Waals surface area contributed by atoms with E-state index in [1.807, 2.05) is 6.07 Å². The third kappa shape index (κ3) is 2.22. The molecule has 82 valence electrons. The van der Waals surface area contributed by atoms with Crippen LogP contribution in [0.4, 0.5) is 4.39 Å². The predicted octanol–water partition coefficient (Wildman–Crippen LogP) is 1.98. The van der Waals surface area contributed by atoms with Gasteiger partial charge in [0.05, 0.1) is 10.1 Å². The van der Waals surface area contributed by atoms with E-state index in [1.165, 1.54) is 6.07 Å². The zero-order chi connectivity index (χ0) is 11.1.